The molecule has 0 atom stereocenters. The number of fused-ring (bicyclic) bond motifs is 1. The van der Waals surface area contributed by atoms with Gasteiger partial charge in [-0.15, -0.1) is 8.78 Å². The Morgan fingerprint density at radius 3 is 2.37 bits per heavy atom. The Bertz CT molecular complexity index is 1090. The number of anilines is 1. The van der Waals surface area contributed by atoms with E-state index in [4.69, 9.17) is 4.52 Å². The molecule has 0 aliphatic carbocycles. The van der Waals surface area contributed by atoms with Gasteiger partial charge in [-0.05, 0) is 54.3 Å². The van der Waals surface area contributed by atoms with Crippen LogP contribution in [0.3, 0.4) is 0 Å². The third-order valence-corrected chi connectivity index (χ3v) is 4.92. The molecule has 0 saturated carbocycles. The number of amides is 1. The molecule has 1 amide bonds. The summed E-state index contributed by atoms with van der Waals surface area (Å²) in [5.41, 5.74) is 3.97. The van der Waals surface area contributed by atoms with E-state index in [1.165, 1.54) is 12.1 Å². The Kier molecular flexibility index (Phi) is 4.93. The van der Waals surface area contributed by atoms with Gasteiger partial charge in [0.05, 0.1) is 5.69 Å². The summed E-state index contributed by atoms with van der Waals surface area (Å²) < 4.78 is 40.9. The predicted octanol–water partition coefficient (Wildman–Crippen LogP) is 5.35. The number of halogens is 2. The molecule has 3 aromatic rings. The van der Waals surface area contributed by atoms with E-state index < -0.39 is 6.29 Å². The summed E-state index contributed by atoms with van der Waals surface area (Å²) in [6, 6.07) is 10.1. The molecule has 6 nitrogen and oxygen atoms in total. The molecule has 2 heterocycles. The van der Waals surface area contributed by atoms with Crippen LogP contribution in [0, 0.1) is 6.92 Å². The van der Waals surface area contributed by atoms with E-state index in [2.05, 4.69) is 19.9 Å². The van der Waals surface area contributed by atoms with Crippen molar-refractivity contribution in [3.8, 4) is 22.6 Å². The number of nitrogens with one attached hydrogen (secondary N) is 1. The molecule has 2 aromatic carbocycles. The molecular weight excluding hydrogens is 394 g/mol. The molecule has 0 unspecified atom stereocenters. The fourth-order valence-electron chi connectivity index (χ4n) is 3.44. The van der Waals surface area contributed by atoms with Crippen LogP contribution >= 0.6 is 0 Å². The molecular formula is C22H20F2N2O4. The molecule has 0 fully saturated rings. The van der Waals surface area contributed by atoms with Crippen LogP contribution in [0.15, 0.2) is 40.9 Å². The summed E-state index contributed by atoms with van der Waals surface area (Å²) in [4.78, 5) is 12.7. The first-order valence-electron chi connectivity index (χ1n) is 9.61. The molecule has 0 saturated heterocycles. The van der Waals surface area contributed by atoms with Gasteiger partial charge in [0.25, 0.3) is 5.91 Å². The second-order valence-corrected chi connectivity index (χ2v) is 6.95. The molecule has 1 aliphatic heterocycles. The number of rotatable bonds is 5. The standard InChI is InChI=1S/C22H20F2N2O4/c1-4-16-20(17(5-2)30-26-16)21(27)25-14-8-6-13(7-9-14)15-11-19-18(10-12(15)3)28-22(23,24)29-19/h6-11H,4-5H2,1-3H3,(H,25,27). The van der Waals surface area contributed by atoms with Crippen molar-refractivity contribution in [3.05, 3.63) is 59.0 Å². The lowest BCUT2D eigenvalue weighted by atomic mass is 9.99. The highest BCUT2D eigenvalue weighted by Crippen LogP contribution is 2.44. The first-order valence-corrected chi connectivity index (χ1v) is 9.61. The SMILES string of the molecule is CCc1noc(CC)c1C(=O)Nc1ccc(-c2cc3c(cc2C)OC(F)(F)O3)cc1. The quantitative estimate of drug-likeness (QED) is 0.609. The van der Waals surface area contributed by atoms with Crippen molar-refractivity contribution in [2.24, 2.45) is 0 Å². The van der Waals surface area contributed by atoms with E-state index >= 15 is 0 Å². The molecule has 0 spiro atoms. The van der Waals surface area contributed by atoms with Crippen molar-refractivity contribution in [1.29, 1.82) is 0 Å². The van der Waals surface area contributed by atoms with Crippen LogP contribution in [0.1, 0.15) is 41.2 Å². The molecule has 0 radical (unpaired) electrons. The van der Waals surface area contributed by atoms with Gasteiger partial charge in [0.1, 0.15) is 11.3 Å². The topological polar surface area (TPSA) is 73.6 Å². The lowest BCUT2D eigenvalue weighted by Gasteiger charge is -2.10. The summed E-state index contributed by atoms with van der Waals surface area (Å²) in [5, 5.41) is 6.82. The van der Waals surface area contributed by atoms with Crippen LogP contribution in [0.5, 0.6) is 11.5 Å². The number of carbonyl (C=O) groups excluding carboxylic acids is 1. The summed E-state index contributed by atoms with van der Waals surface area (Å²) in [5.74, 6) is 0.273. The van der Waals surface area contributed by atoms with Crippen LogP contribution in [0.25, 0.3) is 11.1 Å². The molecule has 156 valence electrons. The molecule has 30 heavy (non-hydrogen) atoms. The zero-order valence-electron chi connectivity index (χ0n) is 16.7. The van der Waals surface area contributed by atoms with Crippen LogP contribution in [0.4, 0.5) is 14.5 Å². The zero-order chi connectivity index (χ0) is 21.5. The van der Waals surface area contributed by atoms with Crippen LogP contribution in [-0.4, -0.2) is 17.4 Å². The predicted molar refractivity (Wildman–Crippen MR) is 106 cm³/mol. The van der Waals surface area contributed by atoms with Crippen molar-refractivity contribution in [1.82, 2.24) is 5.16 Å². The maximum absolute atomic E-state index is 13.3. The fourth-order valence-corrected chi connectivity index (χ4v) is 3.44. The van der Waals surface area contributed by atoms with Crippen molar-refractivity contribution < 1.29 is 27.6 Å². The summed E-state index contributed by atoms with van der Waals surface area (Å²) >= 11 is 0. The molecule has 8 heteroatoms. The number of aryl methyl sites for hydroxylation is 3. The van der Waals surface area contributed by atoms with Gasteiger partial charge in [0.2, 0.25) is 0 Å². The van der Waals surface area contributed by atoms with Gasteiger partial charge in [-0.25, -0.2) is 0 Å². The van der Waals surface area contributed by atoms with E-state index in [9.17, 15) is 13.6 Å². The molecule has 1 aliphatic rings. The first-order chi connectivity index (χ1) is 14.3. The summed E-state index contributed by atoms with van der Waals surface area (Å²) in [6.45, 7) is 5.61. The Morgan fingerprint density at radius 1 is 1.07 bits per heavy atom. The maximum Gasteiger partial charge on any atom is 0.586 e. The monoisotopic (exact) mass is 414 g/mol. The number of alkyl halides is 2. The maximum atomic E-state index is 13.3. The van der Waals surface area contributed by atoms with E-state index in [1.54, 1.807) is 31.2 Å². The number of ether oxygens (including phenoxy) is 2. The highest BCUT2D eigenvalue weighted by molar-refractivity contribution is 6.05. The number of nitrogens with zero attached hydrogens (tertiary/aromatic N) is 1. The third kappa shape index (κ3) is 3.60. The third-order valence-electron chi connectivity index (χ3n) is 4.92. The molecule has 4 rings (SSSR count). The Morgan fingerprint density at radius 2 is 1.73 bits per heavy atom. The number of hydrogen-bond donors (Lipinski definition) is 1. The van der Waals surface area contributed by atoms with Gasteiger partial charge < -0.3 is 19.3 Å². The Hall–Kier alpha value is -3.42. The first kappa shape index (κ1) is 19.9. The minimum absolute atomic E-state index is 0.00960. The van der Waals surface area contributed by atoms with Crippen LogP contribution < -0.4 is 14.8 Å². The normalized spacial score (nSPS) is 14.0. The van der Waals surface area contributed by atoms with Crippen LogP contribution in [-0.2, 0) is 12.8 Å². The van der Waals surface area contributed by atoms with Crippen molar-refractivity contribution >= 4 is 11.6 Å². The minimum atomic E-state index is -3.65. The second-order valence-electron chi connectivity index (χ2n) is 6.95. The van der Waals surface area contributed by atoms with Gasteiger partial charge in [0, 0.05) is 12.1 Å². The number of hydrogen-bond acceptors (Lipinski definition) is 5. The number of carbonyl (C=O) groups is 1. The van der Waals surface area contributed by atoms with Gasteiger partial charge in [-0.2, -0.15) is 0 Å². The van der Waals surface area contributed by atoms with E-state index in [0.29, 0.717) is 35.5 Å². The van der Waals surface area contributed by atoms with E-state index in [-0.39, 0.29) is 17.4 Å². The summed E-state index contributed by atoms with van der Waals surface area (Å²) in [7, 11) is 0. The molecule has 1 N–H and O–H groups in total. The molecule has 0 bridgehead atoms. The minimum Gasteiger partial charge on any atom is -0.395 e. The molecule has 1 aromatic heterocycles. The highest BCUT2D eigenvalue weighted by Gasteiger charge is 2.43. The largest absolute Gasteiger partial charge is 0.586 e. The van der Waals surface area contributed by atoms with Gasteiger partial charge in [-0.3, -0.25) is 4.79 Å². The Balaban J connectivity index is 1.56. The van der Waals surface area contributed by atoms with Gasteiger partial charge in [-0.1, -0.05) is 31.1 Å². The van der Waals surface area contributed by atoms with Crippen LogP contribution in [0.2, 0.25) is 0 Å². The van der Waals surface area contributed by atoms with Gasteiger partial charge in [0.15, 0.2) is 11.5 Å². The van der Waals surface area contributed by atoms with Crippen molar-refractivity contribution in [2.75, 3.05) is 5.32 Å². The fraction of sp³-hybridized carbons (Fsp3) is 0.273. The zero-order valence-corrected chi connectivity index (χ0v) is 16.7. The van der Waals surface area contributed by atoms with E-state index in [1.807, 2.05) is 13.8 Å². The summed E-state index contributed by atoms with van der Waals surface area (Å²) in [6.07, 6.45) is -2.50. The lowest BCUT2D eigenvalue weighted by molar-refractivity contribution is -0.286. The number of benzene rings is 2. The highest BCUT2D eigenvalue weighted by atomic mass is 19.3. The smallest absolute Gasteiger partial charge is 0.395 e. The second kappa shape index (κ2) is 7.44. The van der Waals surface area contributed by atoms with Crippen molar-refractivity contribution in [3.63, 3.8) is 0 Å². The lowest BCUT2D eigenvalue weighted by Crippen LogP contribution is -2.25. The van der Waals surface area contributed by atoms with Crippen molar-refractivity contribution in [2.45, 2.75) is 39.9 Å². The van der Waals surface area contributed by atoms with Gasteiger partial charge >= 0.3 is 6.29 Å². The number of aromatic nitrogens is 1. The average molecular weight is 414 g/mol. The Labute approximate surface area is 171 Å². The van der Waals surface area contributed by atoms with E-state index in [0.717, 1.165) is 16.7 Å². The average Bonchev–Trinajstić information content (AvgIpc) is 3.26.